The van der Waals surface area contributed by atoms with Gasteiger partial charge in [0, 0.05) is 43.0 Å². The van der Waals surface area contributed by atoms with Crippen molar-refractivity contribution in [3.8, 4) is 22.8 Å². The Labute approximate surface area is 151 Å². The topological polar surface area (TPSA) is 84.2 Å². The monoisotopic (exact) mass is 349 g/mol. The molecular weight excluding hydrogens is 330 g/mol. The first kappa shape index (κ1) is 16.3. The maximum atomic E-state index is 11.2. The number of carbonyl (C=O) groups excluding carboxylic acids is 1. The van der Waals surface area contributed by atoms with Gasteiger partial charge in [-0.15, -0.1) is 0 Å². The average molecular weight is 349 g/mol. The van der Waals surface area contributed by atoms with Gasteiger partial charge in [0.15, 0.2) is 0 Å². The van der Waals surface area contributed by atoms with Crippen molar-refractivity contribution in [1.29, 1.82) is 0 Å². The minimum absolute atomic E-state index is 0.125. The number of rotatable bonds is 4. The van der Waals surface area contributed by atoms with Crippen molar-refractivity contribution in [3.63, 3.8) is 0 Å². The van der Waals surface area contributed by atoms with Crippen molar-refractivity contribution in [2.24, 2.45) is 0 Å². The van der Waals surface area contributed by atoms with Crippen LogP contribution in [0.2, 0.25) is 0 Å². The molecule has 1 amide bonds. The first-order valence-electron chi connectivity index (χ1n) is 8.62. The van der Waals surface area contributed by atoms with E-state index in [0.717, 1.165) is 30.0 Å². The molecule has 3 aromatic rings. The summed E-state index contributed by atoms with van der Waals surface area (Å²) >= 11 is 0. The van der Waals surface area contributed by atoms with Crippen LogP contribution in [0.3, 0.4) is 0 Å². The van der Waals surface area contributed by atoms with Gasteiger partial charge in [0.25, 0.3) is 5.89 Å². The minimum atomic E-state index is -0.125. The Balaban J connectivity index is 1.60. The van der Waals surface area contributed by atoms with Crippen LogP contribution in [0.4, 0.5) is 11.5 Å². The third kappa shape index (κ3) is 3.42. The second kappa shape index (κ2) is 6.95. The minimum Gasteiger partial charge on any atom is -0.357 e. The molecule has 1 saturated heterocycles. The molecule has 0 atom stereocenters. The molecule has 1 N–H and O–H groups in total. The van der Waals surface area contributed by atoms with Gasteiger partial charge < -0.3 is 14.7 Å². The van der Waals surface area contributed by atoms with Crippen LogP contribution in [0.15, 0.2) is 47.1 Å². The Morgan fingerprint density at radius 2 is 2.00 bits per heavy atom. The first-order chi connectivity index (χ1) is 12.7. The summed E-state index contributed by atoms with van der Waals surface area (Å²) in [5, 5.41) is 6.85. The normalized spacial score (nSPS) is 13.8. The zero-order valence-electron chi connectivity index (χ0n) is 14.5. The Kier molecular flexibility index (Phi) is 4.35. The molecule has 0 spiro atoms. The number of pyridine rings is 1. The molecule has 2 aromatic heterocycles. The third-order valence-corrected chi connectivity index (χ3v) is 4.29. The summed E-state index contributed by atoms with van der Waals surface area (Å²) < 4.78 is 5.42. The van der Waals surface area contributed by atoms with Crippen LogP contribution in [0.5, 0.6) is 0 Å². The molecular formula is C19H19N5O2. The lowest BCUT2D eigenvalue weighted by molar-refractivity contribution is -0.114. The van der Waals surface area contributed by atoms with Crippen LogP contribution in [0.1, 0.15) is 19.8 Å². The summed E-state index contributed by atoms with van der Waals surface area (Å²) in [5.41, 5.74) is 2.31. The van der Waals surface area contributed by atoms with Gasteiger partial charge in [-0.2, -0.15) is 4.98 Å². The lowest BCUT2D eigenvalue weighted by atomic mass is 10.2. The number of benzene rings is 1. The van der Waals surface area contributed by atoms with Gasteiger partial charge >= 0.3 is 0 Å². The van der Waals surface area contributed by atoms with Gasteiger partial charge in [0.05, 0.1) is 0 Å². The summed E-state index contributed by atoms with van der Waals surface area (Å²) in [5.74, 6) is 1.75. The molecule has 0 bridgehead atoms. The van der Waals surface area contributed by atoms with E-state index in [-0.39, 0.29) is 5.91 Å². The van der Waals surface area contributed by atoms with Crippen molar-refractivity contribution in [2.75, 3.05) is 23.3 Å². The van der Waals surface area contributed by atoms with Crippen LogP contribution in [-0.4, -0.2) is 34.1 Å². The second-order valence-electron chi connectivity index (χ2n) is 6.28. The number of nitrogens with one attached hydrogen (secondary N) is 1. The number of hydrogen-bond acceptors (Lipinski definition) is 6. The quantitative estimate of drug-likeness (QED) is 0.777. The van der Waals surface area contributed by atoms with Crippen LogP contribution in [0, 0.1) is 0 Å². The average Bonchev–Trinajstić information content (AvgIpc) is 3.34. The van der Waals surface area contributed by atoms with Crippen molar-refractivity contribution in [3.05, 3.63) is 42.6 Å². The number of nitrogens with zero attached hydrogens (tertiary/aromatic N) is 4. The van der Waals surface area contributed by atoms with E-state index in [9.17, 15) is 4.79 Å². The predicted molar refractivity (Wildman–Crippen MR) is 98.7 cm³/mol. The number of aromatic nitrogens is 3. The van der Waals surface area contributed by atoms with Gasteiger partial charge in [-0.3, -0.25) is 4.79 Å². The van der Waals surface area contributed by atoms with E-state index in [2.05, 4.69) is 25.3 Å². The van der Waals surface area contributed by atoms with Crippen molar-refractivity contribution in [1.82, 2.24) is 15.1 Å². The first-order valence-corrected chi connectivity index (χ1v) is 8.62. The largest absolute Gasteiger partial charge is 0.357 e. The molecule has 132 valence electrons. The highest BCUT2D eigenvalue weighted by atomic mass is 16.5. The van der Waals surface area contributed by atoms with E-state index < -0.39 is 0 Å². The van der Waals surface area contributed by atoms with E-state index in [1.807, 2.05) is 30.3 Å². The predicted octanol–water partition coefficient (Wildman–Crippen LogP) is 3.36. The molecule has 0 aliphatic carbocycles. The van der Waals surface area contributed by atoms with E-state index in [1.165, 1.54) is 19.8 Å². The van der Waals surface area contributed by atoms with E-state index in [4.69, 9.17) is 4.52 Å². The van der Waals surface area contributed by atoms with Crippen LogP contribution >= 0.6 is 0 Å². The fourth-order valence-corrected chi connectivity index (χ4v) is 3.07. The summed E-state index contributed by atoms with van der Waals surface area (Å²) in [6.07, 6.45) is 4.17. The summed E-state index contributed by atoms with van der Waals surface area (Å²) in [4.78, 5) is 22.4. The zero-order valence-corrected chi connectivity index (χ0v) is 14.5. The van der Waals surface area contributed by atoms with Crippen LogP contribution in [-0.2, 0) is 4.79 Å². The van der Waals surface area contributed by atoms with Gasteiger partial charge in [-0.05, 0) is 43.2 Å². The number of amides is 1. The Morgan fingerprint density at radius 3 is 2.81 bits per heavy atom. The summed E-state index contributed by atoms with van der Waals surface area (Å²) in [7, 11) is 0. The number of anilines is 2. The SMILES string of the molecule is CC(=O)Nc1cccc(-c2nc(-c3ccnc(N4CCCC4)c3)no2)c1. The highest BCUT2D eigenvalue weighted by Gasteiger charge is 2.16. The second-order valence-corrected chi connectivity index (χ2v) is 6.28. The van der Waals surface area contributed by atoms with E-state index in [0.29, 0.717) is 17.4 Å². The molecule has 7 heteroatoms. The molecule has 0 unspecified atom stereocenters. The molecule has 26 heavy (non-hydrogen) atoms. The molecule has 1 aromatic carbocycles. The van der Waals surface area contributed by atoms with Crippen LogP contribution < -0.4 is 10.2 Å². The molecule has 3 heterocycles. The molecule has 0 saturated carbocycles. The highest BCUT2D eigenvalue weighted by molar-refractivity contribution is 5.89. The molecule has 7 nitrogen and oxygen atoms in total. The molecule has 4 rings (SSSR count). The summed E-state index contributed by atoms with van der Waals surface area (Å²) in [6.45, 7) is 3.53. The van der Waals surface area contributed by atoms with Gasteiger partial charge in [0.2, 0.25) is 11.7 Å². The molecule has 1 aliphatic heterocycles. The lowest BCUT2D eigenvalue weighted by Crippen LogP contribution is -2.18. The maximum Gasteiger partial charge on any atom is 0.258 e. The van der Waals surface area contributed by atoms with Crippen molar-refractivity contribution in [2.45, 2.75) is 19.8 Å². The van der Waals surface area contributed by atoms with Crippen molar-refractivity contribution < 1.29 is 9.32 Å². The highest BCUT2D eigenvalue weighted by Crippen LogP contribution is 2.26. The number of carbonyl (C=O) groups is 1. The van der Waals surface area contributed by atoms with E-state index >= 15 is 0 Å². The summed E-state index contributed by atoms with van der Waals surface area (Å²) in [6, 6.07) is 11.2. The standard InChI is InChI=1S/C19H19N5O2/c1-13(25)21-16-6-4-5-15(11-16)19-22-18(23-26-19)14-7-8-20-17(12-14)24-9-2-3-10-24/h4-8,11-12H,2-3,9-10H2,1H3,(H,21,25). The van der Waals surface area contributed by atoms with Gasteiger partial charge in [-0.1, -0.05) is 11.2 Å². The molecule has 0 radical (unpaired) electrons. The Bertz CT molecular complexity index is 931. The van der Waals surface area contributed by atoms with E-state index in [1.54, 1.807) is 12.3 Å². The Hall–Kier alpha value is -3.22. The van der Waals surface area contributed by atoms with Gasteiger partial charge in [0.1, 0.15) is 5.82 Å². The molecule has 1 fully saturated rings. The fraction of sp³-hybridized carbons (Fsp3) is 0.263. The zero-order chi connectivity index (χ0) is 17.9. The third-order valence-electron chi connectivity index (χ3n) is 4.29. The lowest BCUT2D eigenvalue weighted by Gasteiger charge is -2.16. The Morgan fingerprint density at radius 1 is 1.15 bits per heavy atom. The van der Waals surface area contributed by atoms with Gasteiger partial charge in [-0.25, -0.2) is 4.98 Å². The molecule has 1 aliphatic rings. The number of hydrogen-bond donors (Lipinski definition) is 1. The maximum absolute atomic E-state index is 11.2. The smallest absolute Gasteiger partial charge is 0.258 e. The van der Waals surface area contributed by atoms with Crippen molar-refractivity contribution >= 4 is 17.4 Å². The van der Waals surface area contributed by atoms with Crippen LogP contribution in [0.25, 0.3) is 22.8 Å². The fourth-order valence-electron chi connectivity index (χ4n) is 3.07.